The van der Waals surface area contributed by atoms with E-state index in [0.717, 1.165) is 17.9 Å². The molecule has 1 aliphatic heterocycles. The van der Waals surface area contributed by atoms with Crippen molar-refractivity contribution >= 4 is 16.7 Å². The molecule has 0 spiro atoms. The van der Waals surface area contributed by atoms with Crippen molar-refractivity contribution in [1.82, 2.24) is 10.4 Å². The highest BCUT2D eigenvalue weighted by atomic mass is 15.4. The third-order valence-corrected chi connectivity index (χ3v) is 2.29. The van der Waals surface area contributed by atoms with Gasteiger partial charge in [0.1, 0.15) is 5.82 Å². The molecular formula is C10H9N3. The van der Waals surface area contributed by atoms with Gasteiger partial charge in [0, 0.05) is 17.5 Å². The standard InChI is InChI=1S/C10H9N3/c1-2-4-9-7(3-1)5-8-6-11-13-10(8)12-9/h1-5,11H,6H2,(H,12,13). The Morgan fingerprint density at radius 3 is 3.15 bits per heavy atom. The van der Waals surface area contributed by atoms with Gasteiger partial charge in [-0.3, -0.25) is 0 Å². The van der Waals surface area contributed by atoms with Crippen molar-refractivity contribution in [2.45, 2.75) is 6.54 Å². The molecule has 0 aliphatic carbocycles. The zero-order chi connectivity index (χ0) is 8.67. The maximum Gasteiger partial charge on any atom is 0.145 e. The van der Waals surface area contributed by atoms with E-state index in [1.807, 2.05) is 18.2 Å². The summed E-state index contributed by atoms with van der Waals surface area (Å²) in [5.74, 6) is 0.957. The van der Waals surface area contributed by atoms with E-state index >= 15 is 0 Å². The first-order valence-corrected chi connectivity index (χ1v) is 4.31. The minimum absolute atomic E-state index is 0.854. The predicted molar refractivity (Wildman–Crippen MR) is 52.2 cm³/mol. The molecule has 1 aromatic carbocycles. The van der Waals surface area contributed by atoms with Crippen LogP contribution in [0.25, 0.3) is 10.9 Å². The molecule has 0 amide bonds. The zero-order valence-electron chi connectivity index (χ0n) is 7.04. The lowest BCUT2D eigenvalue weighted by Crippen LogP contribution is -2.11. The van der Waals surface area contributed by atoms with E-state index in [-0.39, 0.29) is 0 Å². The summed E-state index contributed by atoms with van der Waals surface area (Å²) in [7, 11) is 0. The van der Waals surface area contributed by atoms with E-state index in [1.54, 1.807) is 0 Å². The predicted octanol–water partition coefficient (Wildman–Crippen LogP) is 1.66. The third-order valence-electron chi connectivity index (χ3n) is 2.29. The van der Waals surface area contributed by atoms with Gasteiger partial charge in [-0.05, 0) is 12.1 Å². The van der Waals surface area contributed by atoms with Gasteiger partial charge >= 0.3 is 0 Å². The number of pyridine rings is 1. The molecule has 2 heterocycles. The minimum atomic E-state index is 0.854. The van der Waals surface area contributed by atoms with Crippen molar-refractivity contribution in [1.29, 1.82) is 0 Å². The number of nitrogens with one attached hydrogen (secondary N) is 2. The molecule has 3 rings (SSSR count). The molecule has 0 saturated carbocycles. The Hall–Kier alpha value is -1.61. The van der Waals surface area contributed by atoms with Gasteiger partial charge in [-0.1, -0.05) is 18.2 Å². The second-order valence-corrected chi connectivity index (χ2v) is 3.17. The lowest BCUT2D eigenvalue weighted by molar-refractivity contribution is 0.859. The van der Waals surface area contributed by atoms with Gasteiger partial charge in [0.2, 0.25) is 0 Å². The largest absolute Gasteiger partial charge is 0.305 e. The highest BCUT2D eigenvalue weighted by Crippen LogP contribution is 2.22. The molecule has 1 aliphatic rings. The van der Waals surface area contributed by atoms with E-state index < -0.39 is 0 Å². The van der Waals surface area contributed by atoms with Gasteiger partial charge in [-0.25, -0.2) is 10.4 Å². The normalized spacial score (nSPS) is 14.2. The summed E-state index contributed by atoms with van der Waals surface area (Å²) in [6.45, 7) is 0.854. The quantitative estimate of drug-likeness (QED) is 0.633. The summed E-state index contributed by atoms with van der Waals surface area (Å²) in [5, 5.41) is 1.20. The van der Waals surface area contributed by atoms with Gasteiger partial charge in [0.05, 0.1) is 5.52 Å². The van der Waals surface area contributed by atoms with Crippen LogP contribution in [0.4, 0.5) is 5.82 Å². The van der Waals surface area contributed by atoms with Crippen molar-refractivity contribution in [3.63, 3.8) is 0 Å². The van der Waals surface area contributed by atoms with E-state index in [0.29, 0.717) is 0 Å². The molecule has 0 fully saturated rings. The fourth-order valence-electron chi connectivity index (χ4n) is 1.63. The first-order chi connectivity index (χ1) is 6.43. The number of aromatic nitrogens is 1. The van der Waals surface area contributed by atoms with Crippen LogP contribution in [0.3, 0.4) is 0 Å². The van der Waals surface area contributed by atoms with E-state index in [2.05, 4.69) is 28.0 Å². The molecule has 1 aromatic heterocycles. The van der Waals surface area contributed by atoms with Crippen LogP contribution in [-0.2, 0) is 6.54 Å². The fraction of sp³-hybridized carbons (Fsp3) is 0.100. The number of anilines is 1. The van der Waals surface area contributed by atoms with Crippen LogP contribution in [0.1, 0.15) is 5.56 Å². The number of rotatable bonds is 0. The minimum Gasteiger partial charge on any atom is -0.305 e. The second kappa shape index (κ2) is 2.44. The van der Waals surface area contributed by atoms with E-state index in [4.69, 9.17) is 0 Å². The van der Waals surface area contributed by atoms with Crippen LogP contribution in [0, 0.1) is 0 Å². The Morgan fingerprint density at radius 1 is 1.23 bits per heavy atom. The number of fused-ring (bicyclic) bond motifs is 2. The summed E-state index contributed by atoms with van der Waals surface area (Å²) in [6.07, 6.45) is 0. The Bertz CT molecular complexity index is 422. The summed E-state index contributed by atoms with van der Waals surface area (Å²) < 4.78 is 0. The maximum absolute atomic E-state index is 4.48. The summed E-state index contributed by atoms with van der Waals surface area (Å²) in [4.78, 5) is 4.48. The molecule has 13 heavy (non-hydrogen) atoms. The molecular weight excluding hydrogens is 162 g/mol. The number of hydrogen-bond donors (Lipinski definition) is 2. The van der Waals surface area contributed by atoms with Crippen LogP contribution < -0.4 is 10.9 Å². The average molecular weight is 171 g/mol. The molecule has 0 atom stereocenters. The Labute approximate surface area is 75.8 Å². The number of hydrogen-bond acceptors (Lipinski definition) is 3. The fourth-order valence-corrected chi connectivity index (χ4v) is 1.63. The number of nitrogens with zero attached hydrogens (tertiary/aromatic N) is 1. The highest BCUT2D eigenvalue weighted by Gasteiger charge is 2.10. The van der Waals surface area contributed by atoms with Crippen LogP contribution in [-0.4, -0.2) is 4.98 Å². The van der Waals surface area contributed by atoms with Gasteiger partial charge in [-0.15, -0.1) is 0 Å². The molecule has 3 heteroatoms. The number of para-hydroxylation sites is 1. The summed E-state index contributed by atoms with van der Waals surface area (Å²) in [6, 6.07) is 10.3. The number of benzene rings is 1. The smallest absolute Gasteiger partial charge is 0.145 e. The lowest BCUT2D eigenvalue weighted by Gasteiger charge is -2.00. The number of hydrazine groups is 1. The van der Waals surface area contributed by atoms with Gasteiger partial charge in [0.15, 0.2) is 0 Å². The van der Waals surface area contributed by atoms with Gasteiger partial charge < -0.3 is 5.43 Å². The zero-order valence-corrected chi connectivity index (χ0v) is 7.04. The van der Waals surface area contributed by atoms with Crippen LogP contribution in [0.5, 0.6) is 0 Å². The van der Waals surface area contributed by atoms with Crippen molar-refractivity contribution in [2.24, 2.45) is 0 Å². The van der Waals surface area contributed by atoms with E-state index in [9.17, 15) is 0 Å². The molecule has 64 valence electrons. The lowest BCUT2D eigenvalue weighted by atomic mass is 10.1. The van der Waals surface area contributed by atoms with Crippen LogP contribution in [0.15, 0.2) is 30.3 Å². The Kier molecular flexibility index (Phi) is 1.29. The van der Waals surface area contributed by atoms with Crippen molar-refractivity contribution in [2.75, 3.05) is 5.43 Å². The van der Waals surface area contributed by atoms with Gasteiger partial charge in [-0.2, -0.15) is 0 Å². The second-order valence-electron chi connectivity index (χ2n) is 3.17. The maximum atomic E-state index is 4.48. The summed E-state index contributed by atoms with van der Waals surface area (Å²) in [5.41, 5.74) is 8.36. The molecule has 0 radical (unpaired) electrons. The van der Waals surface area contributed by atoms with Crippen LogP contribution in [0.2, 0.25) is 0 Å². The molecule has 0 bridgehead atoms. The Balaban J connectivity index is 2.36. The van der Waals surface area contributed by atoms with Crippen LogP contribution >= 0.6 is 0 Å². The monoisotopic (exact) mass is 171 g/mol. The SMILES string of the molecule is c1ccc2nc3c(cc2c1)CNN3. The summed E-state index contributed by atoms with van der Waals surface area (Å²) >= 11 is 0. The van der Waals surface area contributed by atoms with E-state index in [1.165, 1.54) is 10.9 Å². The Morgan fingerprint density at radius 2 is 2.15 bits per heavy atom. The van der Waals surface area contributed by atoms with Crippen molar-refractivity contribution in [3.05, 3.63) is 35.9 Å². The highest BCUT2D eigenvalue weighted by molar-refractivity contribution is 5.81. The average Bonchev–Trinajstić information content (AvgIpc) is 2.61. The van der Waals surface area contributed by atoms with Gasteiger partial charge in [0.25, 0.3) is 0 Å². The first kappa shape index (κ1) is 6.86. The van der Waals surface area contributed by atoms with Crippen molar-refractivity contribution in [3.8, 4) is 0 Å². The molecule has 0 saturated heterocycles. The first-order valence-electron chi connectivity index (χ1n) is 4.31. The topological polar surface area (TPSA) is 37.0 Å². The molecule has 2 N–H and O–H groups in total. The molecule has 0 unspecified atom stereocenters. The van der Waals surface area contributed by atoms with Crippen molar-refractivity contribution < 1.29 is 0 Å². The molecule has 3 nitrogen and oxygen atoms in total. The third kappa shape index (κ3) is 0.975. The molecule has 2 aromatic rings.